The van der Waals surface area contributed by atoms with Crippen LogP contribution in [-0.2, 0) is 14.5 Å². The molecule has 222 valence electrons. The van der Waals surface area contributed by atoms with Crippen LogP contribution in [0.4, 0.5) is 4.79 Å². The van der Waals surface area contributed by atoms with E-state index in [2.05, 4.69) is 29.2 Å². The Bertz CT molecular complexity index is 943. The average Bonchev–Trinajstić information content (AvgIpc) is 2.98. The van der Waals surface area contributed by atoms with Crippen molar-refractivity contribution in [3.8, 4) is 5.75 Å². The monoisotopic (exact) mass is 555 g/mol. The van der Waals surface area contributed by atoms with Crippen molar-refractivity contribution < 1.29 is 24.0 Å². The van der Waals surface area contributed by atoms with Crippen molar-refractivity contribution in [2.75, 3.05) is 46.4 Å². The van der Waals surface area contributed by atoms with Gasteiger partial charge in [-0.25, -0.2) is 14.6 Å². The van der Waals surface area contributed by atoms with Crippen molar-refractivity contribution in [1.29, 1.82) is 0 Å². The number of piperazine rings is 1. The summed E-state index contributed by atoms with van der Waals surface area (Å²) >= 11 is 0. The lowest BCUT2D eigenvalue weighted by Crippen LogP contribution is -2.60. The van der Waals surface area contributed by atoms with Crippen molar-refractivity contribution in [1.82, 2.24) is 9.80 Å². The summed E-state index contributed by atoms with van der Waals surface area (Å²) in [6.07, 6.45) is 13.0. The maximum absolute atomic E-state index is 11.2. The highest BCUT2D eigenvalue weighted by molar-refractivity contribution is 5.72. The highest BCUT2D eigenvalue weighted by Gasteiger charge is 2.60. The van der Waals surface area contributed by atoms with E-state index in [1.807, 2.05) is 7.11 Å². The van der Waals surface area contributed by atoms with Crippen molar-refractivity contribution in [2.45, 2.75) is 88.4 Å². The number of nitrogens with zero attached hydrogens (tertiary/aromatic N) is 2. The Labute approximate surface area is 239 Å². The van der Waals surface area contributed by atoms with Crippen LogP contribution in [-0.4, -0.2) is 74.2 Å². The summed E-state index contributed by atoms with van der Waals surface area (Å²) in [5.41, 5.74) is 6.76. The zero-order valence-corrected chi connectivity index (χ0v) is 24.3. The van der Waals surface area contributed by atoms with Gasteiger partial charge in [0.2, 0.25) is 5.79 Å². The molecular weight excluding hydrogens is 506 g/mol. The minimum Gasteiger partial charge on any atom is -0.494 e. The molecule has 2 N–H and O–H groups in total. The molecule has 0 spiro atoms. The SMILES string of the molecule is COC1(OOC2CCC(c3ccc(OCCCCN4CCN(C(N)=O)CC4)cc3)CC2)C2CC3CC(C2)CC1C3. The maximum Gasteiger partial charge on any atom is 0.314 e. The largest absolute Gasteiger partial charge is 0.494 e. The lowest BCUT2D eigenvalue weighted by molar-refractivity contribution is -0.485. The number of hydrogen-bond donors (Lipinski definition) is 1. The topological polar surface area (TPSA) is 86.5 Å². The van der Waals surface area contributed by atoms with Crippen LogP contribution in [0.15, 0.2) is 24.3 Å². The van der Waals surface area contributed by atoms with Gasteiger partial charge in [-0.15, -0.1) is 0 Å². The van der Waals surface area contributed by atoms with Gasteiger partial charge in [-0.3, -0.25) is 4.90 Å². The Balaban J connectivity index is 0.878. The summed E-state index contributed by atoms with van der Waals surface area (Å²) in [5.74, 6) is 3.76. The van der Waals surface area contributed by atoms with Crippen molar-refractivity contribution >= 4 is 6.03 Å². The molecule has 4 bridgehead atoms. The van der Waals surface area contributed by atoms with E-state index in [4.69, 9.17) is 25.0 Å². The average molecular weight is 556 g/mol. The van der Waals surface area contributed by atoms with Crippen LogP contribution in [0, 0.1) is 23.7 Å². The van der Waals surface area contributed by atoms with Crippen LogP contribution >= 0.6 is 0 Å². The number of carbonyl (C=O) groups excluding carboxylic acids is 1. The molecule has 0 aromatic heterocycles. The molecule has 7 rings (SSSR count). The second kappa shape index (κ2) is 12.6. The van der Waals surface area contributed by atoms with Crippen LogP contribution in [0.25, 0.3) is 0 Å². The molecule has 8 heteroatoms. The molecule has 8 nitrogen and oxygen atoms in total. The number of methoxy groups -OCH3 is 1. The first-order chi connectivity index (χ1) is 19.5. The molecule has 5 saturated carbocycles. The summed E-state index contributed by atoms with van der Waals surface area (Å²) in [7, 11) is 1.83. The maximum atomic E-state index is 11.2. The fraction of sp³-hybridized carbons (Fsp3) is 0.781. The Morgan fingerprint density at radius 2 is 1.55 bits per heavy atom. The smallest absolute Gasteiger partial charge is 0.314 e. The van der Waals surface area contributed by atoms with Crippen LogP contribution in [0.1, 0.15) is 82.1 Å². The van der Waals surface area contributed by atoms with Crippen molar-refractivity contribution in [3.63, 3.8) is 0 Å². The molecule has 1 saturated heterocycles. The third-order valence-electron chi connectivity index (χ3n) is 10.8. The Hall–Kier alpha value is -1.87. The lowest BCUT2D eigenvalue weighted by Gasteiger charge is -2.58. The predicted molar refractivity (Wildman–Crippen MR) is 153 cm³/mol. The second-order valence-corrected chi connectivity index (χ2v) is 13.2. The molecule has 0 atom stereocenters. The second-order valence-electron chi connectivity index (χ2n) is 13.2. The standard InChI is InChI=1S/C32H49N3O5/c1-37-32(27-19-23-18-24(21-27)22-28(32)20-23)40-39-30-10-6-26(7-11-30)25-4-8-29(9-5-25)38-17-3-2-12-34-13-15-35(16-14-34)31(33)36/h4-5,8-9,23-24,26-28,30H,2-3,6-7,10-22H2,1H3,(H2,33,36). The molecule has 6 aliphatic rings. The first kappa shape index (κ1) is 28.3. The van der Waals surface area contributed by atoms with Gasteiger partial charge in [-0.2, -0.15) is 0 Å². The molecule has 1 heterocycles. The number of nitrogens with two attached hydrogens (primary N) is 1. The van der Waals surface area contributed by atoms with Gasteiger partial charge in [0.05, 0.1) is 12.7 Å². The molecule has 0 unspecified atom stereocenters. The minimum absolute atomic E-state index is 0.162. The molecule has 2 amide bonds. The molecule has 6 fully saturated rings. The van der Waals surface area contributed by atoms with Gasteiger partial charge in [-0.1, -0.05) is 12.1 Å². The van der Waals surface area contributed by atoms with Gasteiger partial charge >= 0.3 is 6.03 Å². The van der Waals surface area contributed by atoms with E-state index < -0.39 is 5.79 Å². The van der Waals surface area contributed by atoms with Crippen molar-refractivity contribution in [3.05, 3.63) is 29.8 Å². The van der Waals surface area contributed by atoms with Crippen LogP contribution < -0.4 is 10.5 Å². The molecule has 40 heavy (non-hydrogen) atoms. The summed E-state index contributed by atoms with van der Waals surface area (Å²) in [4.78, 5) is 27.8. The summed E-state index contributed by atoms with van der Waals surface area (Å²) < 4.78 is 12.1. The number of amides is 2. The van der Waals surface area contributed by atoms with Crippen LogP contribution in [0.5, 0.6) is 5.75 Å². The summed E-state index contributed by atoms with van der Waals surface area (Å²) in [6, 6.07) is 8.42. The van der Waals surface area contributed by atoms with Gasteiger partial charge in [0, 0.05) is 45.1 Å². The highest BCUT2D eigenvalue weighted by Crippen LogP contribution is 2.60. The number of benzene rings is 1. The zero-order valence-electron chi connectivity index (χ0n) is 24.3. The number of unbranched alkanes of at least 4 members (excludes halogenated alkanes) is 1. The number of primary amides is 1. The molecule has 5 aliphatic carbocycles. The number of urea groups is 1. The van der Waals surface area contributed by atoms with Gasteiger partial charge in [0.15, 0.2) is 0 Å². The van der Waals surface area contributed by atoms with Gasteiger partial charge in [0.1, 0.15) is 5.75 Å². The van der Waals surface area contributed by atoms with E-state index in [1.54, 1.807) is 4.90 Å². The summed E-state index contributed by atoms with van der Waals surface area (Å²) in [6.45, 7) is 5.05. The molecule has 1 aromatic carbocycles. The third-order valence-corrected chi connectivity index (χ3v) is 10.8. The molecule has 1 aliphatic heterocycles. The fourth-order valence-corrected chi connectivity index (χ4v) is 8.64. The lowest BCUT2D eigenvalue weighted by atomic mass is 9.53. The predicted octanol–water partition coefficient (Wildman–Crippen LogP) is 5.32. The molecule has 0 radical (unpaired) electrons. The first-order valence-electron chi connectivity index (χ1n) is 15.9. The first-order valence-corrected chi connectivity index (χ1v) is 15.9. The summed E-state index contributed by atoms with van der Waals surface area (Å²) in [5, 5.41) is 0. The zero-order chi connectivity index (χ0) is 27.5. The highest BCUT2D eigenvalue weighted by atomic mass is 17.2. The van der Waals surface area contributed by atoms with Gasteiger partial charge < -0.3 is 20.1 Å². The van der Waals surface area contributed by atoms with Gasteiger partial charge in [-0.05, 0) is 113 Å². The van der Waals surface area contributed by atoms with E-state index in [0.29, 0.717) is 17.8 Å². The molecule has 1 aromatic rings. The third kappa shape index (κ3) is 6.15. The van der Waals surface area contributed by atoms with E-state index in [-0.39, 0.29) is 12.1 Å². The van der Waals surface area contributed by atoms with Crippen molar-refractivity contribution in [2.24, 2.45) is 29.4 Å². The van der Waals surface area contributed by atoms with Crippen LogP contribution in [0.2, 0.25) is 0 Å². The number of hydrogen-bond acceptors (Lipinski definition) is 6. The van der Waals surface area contributed by atoms with E-state index >= 15 is 0 Å². The van der Waals surface area contributed by atoms with E-state index in [9.17, 15) is 4.79 Å². The number of carbonyl (C=O) groups is 1. The quantitative estimate of drug-likeness (QED) is 0.172. The fourth-order valence-electron chi connectivity index (χ4n) is 8.64. The Kier molecular flexibility index (Phi) is 8.87. The number of rotatable bonds is 11. The molecular formula is C32H49N3O5. The Morgan fingerprint density at radius 3 is 2.15 bits per heavy atom. The van der Waals surface area contributed by atoms with Crippen LogP contribution in [0.3, 0.4) is 0 Å². The number of ether oxygens (including phenoxy) is 2. The van der Waals surface area contributed by atoms with Gasteiger partial charge in [0.25, 0.3) is 0 Å². The van der Waals surface area contributed by atoms with E-state index in [0.717, 1.165) is 95.4 Å². The van der Waals surface area contributed by atoms with E-state index in [1.165, 1.54) is 37.7 Å². The normalized spacial score (nSPS) is 35.7. The Morgan fingerprint density at radius 1 is 0.900 bits per heavy atom. The minimum atomic E-state index is -0.512.